The summed E-state index contributed by atoms with van der Waals surface area (Å²) in [6, 6.07) is 7.32. The topological polar surface area (TPSA) is 47.6 Å². The van der Waals surface area contributed by atoms with Crippen LogP contribution in [0.25, 0.3) is 0 Å². The Bertz CT molecular complexity index is 427. The van der Waals surface area contributed by atoms with Crippen LogP contribution in [-0.2, 0) is 4.74 Å². The summed E-state index contributed by atoms with van der Waals surface area (Å²) in [5.74, 6) is 0.522. The largest absolute Gasteiger partial charge is 0.493 e. The van der Waals surface area contributed by atoms with Crippen molar-refractivity contribution < 1.29 is 14.3 Å². The Hall–Kier alpha value is -1.55. The molecule has 1 aliphatic rings. The van der Waals surface area contributed by atoms with E-state index in [0.717, 1.165) is 19.4 Å². The number of ether oxygens (including phenoxy) is 2. The van der Waals surface area contributed by atoms with E-state index in [0.29, 0.717) is 17.9 Å². The molecule has 2 atom stereocenters. The molecule has 1 fully saturated rings. The van der Waals surface area contributed by atoms with Crippen molar-refractivity contribution in [3.63, 3.8) is 0 Å². The standard InChI is InChI=1S/C15H21NO3/c1-3-18-14-8-5-4-7-12(14)15(17)16-11(2)13-9-6-10-19-13/h4-5,7-8,11,13H,3,6,9-10H2,1-2H3,(H,16,17)/t11-,13-/m1/s1. The van der Waals surface area contributed by atoms with Gasteiger partial charge >= 0.3 is 0 Å². The molecule has 0 radical (unpaired) electrons. The number of carbonyl (C=O) groups excluding carboxylic acids is 1. The lowest BCUT2D eigenvalue weighted by molar-refractivity contribution is 0.0710. The molecule has 0 unspecified atom stereocenters. The first-order chi connectivity index (χ1) is 9.22. The molecular formula is C15H21NO3. The van der Waals surface area contributed by atoms with Crippen molar-refractivity contribution >= 4 is 5.91 Å². The molecule has 0 aromatic heterocycles. The molecule has 1 heterocycles. The van der Waals surface area contributed by atoms with E-state index < -0.39 is 0 Å². The van der Waals surface area contributed by atoms with E-state index in [9.17, 15) is 4.79 Å². The average Bonchev–Trinajstić information content (AvgIpc) is 2.93. The minimum Gasteiger partial charge on any atom is -0.493 e. The number of nitrogens with one attached hydrogen (secondary N) is 1. The van der Waals surface area contributed by atoms with Crippen LogP contribution in [0.4, 0.5) is 0 Å². The predicted molar refractivity (Wildman–Crippen MR) is 73.5 cm³/mol. The lowest BCUT2D eigenvalue weighted by Crippen LogP contribution is -2.40. The summed E-state index contributed by atoms with van der Waals surface area (Å²) in [6.07, 6.45) is 2.21. The van der Waals surface area contributed by atoms with Crippen LogP contribution in [0.3, 0.4) is 0 Å². The summed E-state index contributed by atoms with van der Waals surface area (Å²) in [5, 5.41) is 2.99. The van der Waals surface area contributed by atoms with Gasteiger partial charge in [-0.15, -0.1) is 0 Å². The third-order valence-electron chi connectivity index (χ3n) is 3.31. The molecule has 104 valence electrons. The van der Waals surface area contributed by atoms with Crippen molar-refractivity contribution in [2.24, 2.45) is 0 Å². The highest BCUT2D eigenvalue weighted by atomic mass is 16.5. The van der Waals surface area contributed by atoms with Crippen LogP contribution in [0.1, 0.15) is 37.0 Å². The van der Waals surface area contributed by atoms with Crippen molar-refractivity contribution in [3.8, 4) is 5.75 Å². The van der Waals surface area contributed by atoms with Gasteiger partial charge in [-0.25, -0.2) is 0 Å². The Morgan fingerprint density at radius 2 is 2.32 bits per heavy atom. The van der Waals surface area contributed by atoms with Gasteiger partial charge in [-0.1, -0.05) is 12.1 Å². The van der Waals surface area contributed by atoms with Crippen LogP contribution in [0.15, 0.2) is 24.3 Å². The SMILES string of the molecule is CCOc1ccccc1C(=O)N[C@H](C)[C@H]1CCCO1. The molecule has 1 amide bonds. The van der Waals surface area contributed by atoms with Gasteiger partial charge < -0.3 is 14.8 Å². The molecule has 0 saturated carbocycles. The van der Waals surface area contributed by atoms with Crippen LogP contribution in [0.2, 0.25) is 0 Å². The maximum absolute atomic E-state index is 12.3. The van der Waals surface area contributed by atoms with E-state index in [4.69, 9.17) is 9.47 Å². The summed E-state index contributed by atoms with van der Waals surface area (Å²) < 4.78 is 11.1. The van der Waals surface area contributed by atoms with E-state index in [1.54, 1.807) is 6.07 Å². The molecule has 0 aliphatic carbocycles. The zero-order valence-corrected chi connectivity index (χ0v) is 11.5. The van der Waals surface area contributed by atoms with Gasteiger partial charge in [-0.2, -0.15) is 0 Å². The third kappa shape index (κ3) is 3.47. The smallest absolute Gasteiger partial charge is 0.255 e. The van der Waals surface area contributed by atoms with Crippen LogP contribution in [0.5, 0.6) is 5.75 Å². The molecular weight excluding hydrogens is 242 g/mol. The highest BCUT2D eigenvalue weighted by molar-refractivity contribution is 5.97. The first kappa shape index (κ1) is 13.9. The fourth-order valence-electron chi connectivity index (χ4n) is 2.31. The van der Waals surface area contributed by atoms with Crippen LogP contribution < -0.4 is 10.1 Å². The summed E-state index contributed by atoms with van der Waals surface area (Å²) in [4.78, 5) is 12.3. The lowest BCUT2D eigenvalue weighted by atomic mass is 10.1. The molecule has 1 aromatic rings. The number of para-hydroxylation sites is 1. The summed E-state index contributed by atoms with van der Waals surface area (Å²) in [7, 11) is 0. The first-order valence-electron chi connectivity index (χ1n) is 6.86. The van der Waals surface area contributed by atoms with Crippen molar-refractivity contribution in [1.82, 2.24) is 5.32 Å². The van der Waals surface area contributed by atoms with Crippen molar-refractivity contribution in [3.05, 3.63) is 29.8 Å². The van der Waals surface area contributed by atoms with E-state index in [2.05, 4.69) is 5.32 Å². The molecule has 1 saturated heterocycles. The molecule has 4 nitrogen and oxygen atoms in total. The van der Waals surface area contributed by atoms with Crippen molar-refractivity contribution in [1.29, 1.82) is 0 Å². The van der Waals surface area contributed by atoms with Gasteiger partial charge in [0.25, 0.3) is 5.91 Å². The van der Waals surface area contributed by atoms with Gasteiger partial charge in [0.2, 0.25) is 0 Å². The second-order valence-corrected chi connectivity index (χ2v) is 4.74. The number of amides is 1. The van der Waals surface area contributed by atoms with Gasteiger partial charge in [0.1, 0.15) is 5.75 Å². The minimum absolute atomic E-state index is 0.0182. The Morgan fingerprint density at radius 3 is 3.00 bits per heavy atom. The van der Waals surface area contributed by atoms with Gasteiger partial charge in [0, 0.05) is 6.61 Å². The molecule has 4 heteroatoms. The fourth-order valence-corrected chi connectivity index (χ4v) is 2.31. The second-order valence-electron chi connectivity index (χ2n) is 4.74. The minimum atomic E-state index is -0.105. The van der Waals surface area contributed by atoms with E-state index in [1.165, 1.54) is 0 Å². The van der Waals surface area contributed by atoms with Gasteiger partial charge in [0.05, 0.1) is 24.3 Å². The highest BCUT2D eigenvalue weighted by Gasteiger charge is 2.24. The van der Waals surface area contributed by atoms with Gasteiger partial charge in [0.15, 0.2) is 0 Å². The molecule has 19 heavy (non-hydrogen) atoms. The Morgan fingerprint density at radius 1 is 1.53 bits per heavy atom. The normalized spacial score (nSPS) is 20.0. The summed E-state index contributed by atoms with van der Waals surface area (Å²) in [6.45, 7) is 5.23. The molecule has 1 aliphatic heterocycles. The molecule has 2 rings (SSSR count). The first-order valence-corrected chi connectivity index (χ1v) is 6.86. The molecule has 0 bridgehead atoms. The lowest BCUT2D eigenvalue weighted by Gasteiger charge is -2.20. The van der Waals surface area contributed by atoms with Crippen LogP contribution >= 0.6 is 0 Å². The van der Waals surface area contributed by atoms with E-state index >= 15 is 0 Å². The van der Waals surface area contributed by atoms with Crippen molar-refractivity contribution in [2.75, 3.05) is 13.2 Å². The Kier molecular flexibility index (Phi) is 4.80. The highest BCUT2D eigenvalue weighted by Crippen LogP contribution is 2.19. The third-order valence-corrected chi connectivity index (χ3v) is 3.31. The number of benzene rings is 1. The number of hydrogen-bond acceptors (Lipinski definition) is 3. The number of carbonyl (C=O) groups is 1. The zero-order chi connectivity index (χ0) is 13.7. The quantitative estimate of drug-likeness (QED) is 0.887. The van der Waals surface area contributed by atoms with Gasteiger partial charge in [-0.05, 0) is 38.8 Å². The molecule has 0 spiro atoms. The van der Waals surface area contributed by atoms with E-state index in [-0.39, 0.29) is 18.1 Å². The number of rotatable bonds is 5. The zero-order valence-electron chi connectivity index (χ0n) is 11.5. The predicted octanol–water partition coefficient (Wildman–Crippen LogP) is 2.38. The maximum atomic E-state index is 12.3. The maximum Gasteiger partial charge on any atom is 0.255 e. The average molecular weight is 263 g/mol. The van der Waals surface area contributed by atoms with Crippen LogP contribution in [0, 0.1) is 0 Å². The Labute approximate surface area is 114 Å². The number of hydrogen-bond donors (Lipinski definition) is 1. The second kappa shape index (κ2) is 6.57. The van der Waals surface area contributed by atoms with E-state index in [1.807, 2.05) is 32.0 Å². The monoisotopic (exact) mass is 263 g/mol. The fraction of sp³-hybridized carbons (Fsp3) is 0.533. The molecule has 1 N–H and O–H groups in total. The summed E-state index contributed by atoms with van der Waals surface area (Å²) >= 11 is 0. The Balaban J connectivity index is 2.02. The molecule has 1 aromatic carbocycles. The summed E-state index contributed by atoms with van der Waals surface area (Å²) in [5.41, 5.74) is 0.578. The van der Waals surface area contributed by atoms with Gasteiger partial charge in [-0.3, -0.25) is 4.79 Å². The van der Waals surface area contributed by atoms with Crippen LogP contribution in [-0.4, -0.2) is 31.3 Å². The van der Waals surface area contributed by atoms with Crippen molar-refractivity contribution in [2.45, 2.75) is 38.8 Å².